The van der Waals surface area contributed by atoms with Crippen LogP contribution in [0.1, 0.15) is 51.4 Å². The van der Waals surface area contributed by atoms with Gasteiger partial charge in [0.1, 0.15) is 5.75 Å². The zero-order valence-corrected chi connectivity index (χ0v) is 19.1. The Labute approximate surface area is 193 Å². The summed E-state index contributed by atoms with van der Waals surface area (Å²) in [5.41, 5.74) is -0.801. The van der Waals surface area contributed by atoms with Gasteiger partial charge in [0.25, 0.3) is 0 Å². The second-order valence-corrected chi connectivity index (χ2v) is 8.80. The van der Waals surface area contributed by atoms with Crippen LogP contribution >= 0.6 is 11.6 Å². The first kappa shape index (κ1) is 25.9. The van der Waals surface area contributed by atoms with Crippen LogP contribution in [0.5, 0.6) is 5.75 Å². The lowest BCUT2D eigenvalue weighted by molar-refractivity contribution is -0.145. The van der Waals surface area contributed by atoms with Gasteiger partial charge in [-0.3, -0.25) is 14.4 Å². The first-order valence-corrected chi connectivity index (χ1v) is 11.3. The number of amides is 1. The molecule has 9 heteroatoms. The van der Waals surface area contributed by atoms with Gasteiger partial charge >= 0.3 is 11.9 Å². The molecule has 1 aromatic carbocycles. The summed E-state index contributed by atoms with van der Waals surface area (Å²) in [6, 6.07) is 6.20. The van der Waals surface area contributed by atoms with Crippen LogP contribution in [-0.4, -0.2) is 54.4 Å². The van der Waals surface area contributed by atoms with E-state index in [4.69, 9.17) is 21.1 Å². The maximum absolute atomic E-state index is 13.3. The van der Waals surface area contributed by atoms with Crippen molar-refractivity contribution in [2.24, 2.45) is 11.3 Å². The van der Waals surface area contributed by atoms with E-state index in [2.05, 4.69) is 5.32 Å². The Morgan fingerprint density at radius 1 is 1.09 bits per heavy atom. The number of nitrogens with one attached hydrogen (secondary N) is 1. The number of aliphatic carboxylic acids is 2. The van der Waals surface area contributed by atoms with Crippen molar-refractivity contribution >= 4 is 29.4 Å². The van der Waals surface area contributed by atoms with Crippen molar-refractivity contribution in [3.8, 4) is 5.75 Å². The highest BCUT2D eigenvalue weighted by Crippen LogP contribution is 2.44. The summed E-state index contributed by atoms with van der Waals surface area (Å²) >= 11 is 5.86. The Morgan fingerprint density at radius 2 is 1.75 bits per heavy atom. The van der Waals surface area contributed by atoms with E-state index in [1.54, 1.807) is 24.3 Å². The highest BCUT2D eigenvalue weighted by Gasteiger charge is 2.44. The fourth-order valence-corrected chi connectivity index (χ4v) is 4.37. The van der Waals surface area contributed by atoms with Crippen molar-refractivity contribution in [3.63, 3.8) is 0 Å². The molecule has 0 aliphatic heterocycles. The molecule has 0 bridgehead atoms. The standard InChI is InChI=1S/C23H32ClNO7/c1-31-12-8-16(21(28)29)15-23(10-2-3-11-23)22(30)25-18(14-20(26)27)9-13-32-19-6-4-17(24)5-7-19/h4-7,16,18H,2-3,8-15H2,1H3,(H,25,30)(H,26,27)(H,28,29)/t16-,18?/m1/s1. The van der Waals surface area contributed by atoms with Gasteiger partial charge < -0.3 is 25.0 Å². The quantitative estimate of drug-likeness (QED) is 0.379. The summed E-state index contributed by atoms with van der Waals surface area (Å²) in [4.78, 5) is 36.4. The van der Waals surface area contributed by atoms with E-state index >= 15 is 0 Å². The molecule has 3 N–H and O–H groups in total. The Balaban J connectivity index is 2.03. The molecule has 1 saturated carbocycles. The molecule has 0 aromatic heterocycles. The number of benzene rings is 1. The maximum Gasteiger partial charge on any atom is 0.306 e. The van der Waals surface area contributed by atoms with E-state index in [9.17, 15) is 24.6 Å². The van der Waals surface area contributed by atoms with Crippen molar-refractivity contribution in [1.29, 1.82) is 0 Å². The molecule has 0 saturated heterocycles. The average Bonchev–Trinajstić information content (AvgIpc) is 3.22. The molecular weight excluding hydrogens is 438 g/mol. The van der Waals surface area contributed by atoms with Gasteiger partial charge in [-0.1, -0.05) is 24.4 Å². The van der Waals surface area contributed by atoms with Gasteiger partial charge in [-0.25, -0.2) is 0 Å². The van der Waals surface area contributed by atoms with Crippen LogP contribution in [0, 0.1) is 11.3 Å². The first-order chi connectivity index (χ1) is 15.3. The molecule has 0 spiro atoms. The Morgan fingerprint density at radius 3 is 2.31 bits per heavy atom. The van der Waals surface area contributed by atoms with Gasteiger partial charge in [0, 0.05) is 31.2 Å². The molecule has 1 aliphatic carbocycles. The number of hydrogen-bond donors (Lipinski definition) is 3. The molecule has 0 heterocycles. The lowest BCUT2D eigenvalue weighted by Gasteiger charge is -2.32. The molecule has 8 nitrogen and oxygen atoms in total. The van der Waals surface area contributed by atoms with Crippen LogP contribution in [0.25, 0.3) is 0 Å². The fourth-order valence-electron chi connectivity index (χ4n) is 4.24. The van der Waals surface area contributed by atoms with Crippen LogP contribution in [0.15, 0.2) is 24.3 Å². The molecular formula is C23H32ClNO7. The number of ether oxygens (including phenoxy) is 2. The molecule has 0 radical (unpaired) electrons. The lowest BCUT2D eigenvalue weighted by Crippen LogP contribution is -2.47. The highest BCUT2D eigenvalue weighted by atomic mass is 35.5. The van der Waals surface area contributed by atoms with E-state index in [0.29, 0.717) is 43.1 Å². The van der Waals surface area contributed by atoms with E-state index < -0.39 is 29.3 Å². The summed E-state index contributed by atoms with van der Waals surface area (Å²) < 4.78 is 10.7. The third kappa shape index (κ3) is 7.98. The number of halogens is 1. The predicted octanol–water partition coefficient (Wildman–Crippen LogP) is 3.76. The minimum atomic E-state index is -1.02. The third-order valence-electron chi connectivity index (χ3n) is 6.00. The van der Waals surface area contributed by atoms with Crippen LogP contribution in [0.4, 0.5) is 0 Å². The molecule has 1 fully saturated rings. The van der Waals surface area contributed by atoms with Crippen molar-refractivity contribution < 1.29 is 34.1 Å². The van der Waals surface area contributed by atoms with Gasteiger partial charge in [-0.05, 0) is 49.9 Å². The molecule has 1 aliphatic rings. The Hall–Kier alpha value is -2.32. The van der Waals surface area contributed by atoms with Crippen LogP contribution in [0.3, 0.4) is 0 Å². The number of carbonyl (C=O) groups excluding carboxylic acids is 1. The Kier molecular flexibility index (Phi) is 10.3. The SMILES string of the molecule is COCC[C@H](CC1(C(=O)NC(CCOc2ccc(Cl)cc2)CC(=O)O)CCCC1)C(=O)O. The average molecular weight is 470 g/mol. The summed E-state index contributed by atoms with van der Waals surface area (Å²) in [6.45, 7) is 0.525. The number of carboxylic acids is 2. The molecule has 1 aromatic rings. The van der Waals surface area contributed by atoms with Crippen molar-refractivity contribution in [2.75, 3.05) is 20.3 Å². The fraction of sp³-hybridized carbons (Fsp3) is 0.609. The lowest BCUT2D eigenvalue weighted by atomic mass is 9.75. The molecule has 32 heavy (non-hydrogen) atoms. The highest BCUT2D eigenvalue weighted by molar-refractivity contribution is 6.30. The van der Waals surface area contributed by atoms with E-state index in [-0.39, 0.29) is 25.4 Å². The number of hydrogen-bond acceptors (Lipinski definition) is 5. The minimum absolute atomic E-state index is 0.221. The first-order valence-electron chi connectivity index (χ1n) is 10.9. The van der Waals surface area contributed by atoms with Crippen LogP contribution < -0.4 is 10.1 Å². The number of rotatable bonds is 14. The second kappa shape index (κ2) is 12.6. The zero-order chi connectivity index (χ0) is 23.6. The van der Waals surface area contributed by atoms with Crippen molar-refractivity contribution in [2.45, 2.75) is 57.4 Å². The molecule has 1 unspecified atom stereocenters. The molecule has 178 valence electrons. The largest absolute Gasteiger partial charge is 0.494 e. The maximum atomic E-state index is 13.3. The number of methoxy groups -OCH3 is 1. The molecule has 1 amide bonds. The third-order valence-corrected chi connectivity index (χ3v) is 6.26. The van der Waals surface area contributed by atoms with Crippen molar-refractivity contribution in [3.05, 3.63) is 29.3 Å². The smallest absolute Gasteiger partial charge is 0.306 e. The van der Waals surface area contributed by atoms with Crippen LogP contribution in [-0.2, 0) is 19.1 Å². The topological polar surface area (TPSA) is 122 Å². The van der Waals surface area contributed by atoms with Gasteiger partial charge in [0.05, 0.1) is 24.4 Å². The number of carbonyl (C=O) groups is 3. The van der Waals surface area contributed by atoms with Gasteiger partial charge in [-0.15, -0.1) is 0 Å². The summed E-state index contributed by atoms with van der Waals surface area (Å²) in [7, 11) is 1.51. The van der Waals surface area contributed by atoms with Gasteiger partial charge in [0.2, 0.25) is 5.91 Å². The number of carboxylic acid groups (broad SMARTS) is 2. The van der Waals surface area contributed by atoms with E-state index in [1.165, 1.54) is 7.11 Å². The molecule has 2 atom stereocenters. The van der Waals surface area contributed by atoms with Gasteiger partial charge in [-0.2, -0.15) is 0 Å². The summed E-state index contributed by atoms with van der Waals surface area (Å²) in [6.07, 6.45) is 3.49. The normalized spacial score (nSPS) is 16.8. The Bertz CT molecular complexity index is 762. The zero-order valence-electron chi connectivity index (χ0n) is 18.3. The van der Waals surface area contributed by atoms with Crippen molar-refractivity contribution in [1.82, 2.24) is 5.32 Å². The molecule has 2 rings (SSSR count). The predicted molar refractivity (Wildman–Crippen MR) is 119 cm³/mol. The minimum Gasteiger partial charge on any atom is -0.494 e. The van der Waals surface area contributed by atoms with Gasteiger partial charge in [0.15, 0.2) is 0 Å². The second-order valence-electron chi connectivity index (χ2n) is 8.37. The summed E-state index contributed by atoms with van der Waals surface area (Å²) in [5.74, 6) is -2.32. The monoisotopic (exact) mass is 469 g/mol. The van der Waals surface area contributed by atoms with E-state index in [1.807, 2.05) is 0 Å². The van der Waals surface area contributed by atoms with Crippen LogP contribution in [0.2, 0.25) is 5.02 Å². The van der Waals surface area contributed by atoms with E-state index in [0.717, 1.165) is 12.8 Å². The summed E-state index contributed by atoms with van der Waals surface area (Å²) in [5, 5.41) is 22.4.